The van der Waals surface area contributed by atoms with Gasteiger partial charge in [0.15, 0.2) is 0 Å². The van der Waals surface area contributed by atoms with Crippen LogP contribution in [0.2, 0.25) is 0 Å². The molecule has 5 nitrogen and oxygen atoms in total. The topological polar surface area (TPSA) is 72.8 Å². The standard InChI is InChI=1S/C20H36O5/c1-10-11-13(2)17(24-9)14(3)18(23)20(7,8)15(21)12-16(22)25-19(4,5)6/h10,13-15,17,21H,1,11-12H2,2-9H3/t13-,14+,15-,17-/m0/s1. The SMILES string of the molecule is C=CC[C@H](C)[C@H](OC)[C@@H](C)C(=O)C(C)(C)[C@@H](O)CC(=O)OC(C)(C)C. The van der Waals surface area contributed by atoms with Crippen LogP contribution in [0.1, 0.15) is 61.3 Å². The molecule has 0 unspecified atom stereocenters. The molecule has 0 amide bonds. The zero-order valence-electron chi connectivity index (χ0n) is 17.1. The summed E-state index contributed by atoms with van der Waals surface area (Å²) in [5.74, 6) is -0.938. The van der Waals surface area contributed by atoms with Gasteiger partial charge in [-0.05, 0) is 33.1 Å². The number of hydrogen-bond donors (Lipinski definition) is 1. The van der Waals surface area contributed by atoms with E-state index in [2.05, 4.69) is 6.58 Å². The van der Waals surface area contributed by atoms with Gasteiger partial charge in [-0.25, -0.2) is 0 Å². The van der Waals surface area contributed by atoms with Crippen molar-refractivity contribution in [2.75, 3.05) is 7.11 Å². The Balaban J connectivity index is 5.11. The number of rotatable bonds is 10. The first-order valence-corrected chi connectivity index (χ1v) is 8.85. The van der Waals surface area contributed by atoms with Gasteiger partial charge in [-0.2, -0.15) is 0 Å². The molecule has 25 heavy (non-hydrogen) atoms. The van der Waals surface area contributed by atoms with Gasteiger partial charge in [0.1, 0.15) is 11.4 Å². The summed E-state index contributed by atoms with van der Waals surface area (Å²) < 4.78 is 10.8. The number of carbonyl (C=O) groups is 2. The Bertz CT molecular complexity index is 461. The molecule has 0 fully saturated rings. The number of hydrogen-bond acceptors (Lipinski definition) is 5. The van der Waals surface area contributed by atoms with E-state index in [0.29, 0.717) is 0 Å². The van der Waals surface area contributed by atoms with Crippen molar-refractivity contribution in [1.29, 1.82) is 0 Å². The molecule has 0 saturated heterocycles. The molecule has 0 aromatic rings. The number of ether oxygens (including phenoxy) is 2. The van der Waals surface area contributed by atoms with E-state index in [1.165, 1.54) is 0 Å². The highest BCUT2D eigenvalue weighted by molar-refractivity contribution is 5.88. The Kier molecular flexibility index (Phi) is 9.03. The quantitative estimate of drug-likeness (QED) is 0.479. The van der Waals surface area contributed by atoms with Gasteiger partial charge in [0.25, 0.3) is 0 Å². The second-order valence-corrected chi connectivity index (χ2v) is 8.38. The number of allylic oxidation sites excluding steroid dienone is 1. The molecule has 0 heterocycles. The normalized spacial score (nSPS) is 17.3. The van der Waals surface area contributed by atoms with Crippen LogP contribution in [0.5, 0.6) is 0 Å². The van der Waals surface area contributed by atoms with Crippen LogP contribution < -0.4 is 0 Å². The minimum Gasteiger partial charge on any atom is -0.460 e. The Morgan fingerprint density at radius 2 is 1.68 bits per heavy atom. The monoisotopic (exact) mass is 356 g/mol. The molecule has 0 aromatic heterocycles. The van der Waals surface area contributed by atoms with Crippen molar-refractivity contribution in [2.45, 2.75) is 79.1 Å². The second-order valence-electron chi connectivity index (χ2n) is 8.38. The minimum atomic E-state index is -1.12. The summed E-state index contributed by atoms with van der Waals surface area (Å²) in [5.41, 5.74) is -1.71. The maximum Gasteiger partial charge on any atom is 0.308 e. The van der Waals surface area contributed by atoms with Crippen molar-refractivity contribution < 1.29 is 24.2 Å². The van der Waals surface area contributed by atoms with E-state index in [-0.39, 0.29) is 24.2 Å². The van der Waals surface area contributed by atoms with Gasteiger partial charge in [0.05, 0.1) is 24.0 Å². The number of aliphatic hydroxyl groups excluding tert-OH is 1. The van der Waals surface area contributed by atoms with Gasteiger partial charge in [0, 0.05) is 13.0 Å². The summed E-state index contributed by atoms with van der Waals surface area (Å²) in [4.78, 5) is 24.9. The van der Waals surface area contributed by atoms with Gasteiger partial charge >= 0.3 is 5.97 Å². The second kappa shape index (κ2) is 9.48. The van der Waals surface area contributed by atoms with E-state index in [1.54, 1.807) is 54.7 Å². The smallest absolute Gasteiger partial charge is 0.308 e. The zero-order valence-corrected chi connectivity index (χ0v) is 17.1. The molecule has 0 aliphatic heterocycles. The summed E-state index contributed by atoms with van der Waals surface area (Å²) in [6.07, 6.45) is 0.915. The summed E-state index contributed by atoms with van der Waals surface area (Å²) in [7, 11) is 1.58. The first-order chi connectivity index (χ1) is 11.3. The number of aliphatic hydroxyl groups is 1. The molecule has 0 radical (unpaired) electrons. The minimum absolute atomic E-state index is 0.125. The molecule has 0 aliphatic rings. The van der Waals surface area contributed by atoms with Gasteiger partial charge in [0.2, 0.25) is 0 Å². The Hall–Kier alpha value is -1.20. The Morgan fingerprint density at radius 3 is 2.08 bits per heavy atom. The van der Waals surface area contributed by atoms with Crippen LogP contribution >= 0.6 is 0 Å². The number of ketones is 1. The molecule has 1 N–H and O–H groups in total. The van der Waals surface area contributed by atoms with Crippen LogP contribution in [-0.4, -0.2) is 41.8 Å². The third-order valence-corrected chi connectivity index (χ3v) is 4.53. The fraction of sp³-hybridized carbons (Fsp3) is 0.800. The molecule has 0 aliphatic carbocycles. The summed E-state index contributed by atoms with van der Waals surface area (Å²) >= 11 is 0. The Morgan fingerprint density at radius 1 is 1.16 bits per heavy atom. The predicted molar refractivity (Wildman–Crippen MR) is 99.2 cm³/mol. The maximum atomic E-state index is 13.0. The molecular weight excluding hydrogens is 320 g/mol. The molecule has 0 bridgehead atoms. The molecule has 0 rings (SSSR count). The van der Waals surface area contributed by atoms with Crippen molar-refractivity contribution in [3.8, 4) is 0 Å². The highest BCUT2D eigenvalue weighted by Gasteiger charge is 2.42. The average molecular weight is 357 g/mol. The molecule has 0 aromatic carbocycles. The molecular formula is C20H36O5. The lowest BCUT2D eigenvalue weighted by Crippen LogP contribution is -2.46. The number of esters is 1. The van der Waals surface area contributed by atoms with E-state index in [4.69, 9.17) is 9.47 Å². The summed E-state index contributed by atoms with van der Waals surface area (Å²) in [5, 5.41) is 10.5. The van der Waals surface area contributed by atoms with Crippen molar-refractivity contribution in [2.24, 2.45) is 17.3 Å². The molecule has 0 spiro atoms. The van der Waals surface area contributed by atoms with Crippen LogP contribution in [0.25, 0.3) is 0 Å². The maximum absolute atomic E-state index is 13.0. The van der Waals surface area contributed by atoms with Crippen LogP contribution in [0.15, 0.2) is 12.7 Å². The highest BCUT2D eigenvalue weighted by Crippen LogP contribution is 2.32. The van der Waals surface area contributed by atoms with Crippen LogP contribution in [0.3, 0.4) is 0 Å². The third kappa shape index (κ3) is 7.28. The molecule has 5 heteroatoms. The summed E-state index contributed by atoms with van der Waals surface area (Å²) in [6.45, 7) is 16.1. The van der Waals surface area contributed by atoms with Gasteiger partial charge in [-0.1, -0.05) is 33.8 Å². The predicted octanol–water partition coefficient (Wildman–Crippen LogP) is 3.54. The van der Waals surface area contributed by atoms with Gasteiger partial charge < -0.3 is 14.6 Å². The fourth-order valence-electron chi connectivity index (χ4n) is 3.02. The van der Waals surface area contributed by atoms with Crippen molar-refractivity contribution >= 4 is 11.8 Å². The Labute approximate surface area is 152 Å². The van der Waals surface area contributed by atoms with Crippen molar-refractivity contribution in [1.82, 2.24) is 0 Å². The molecule has 146 valence electrons. The molecule has 0 saturated carbocycles. The van der Waals surface area contributed by atoms with Crippen LogP contribution in [0, 0.1) is 17.3 Å². The lowest BCUT2D eigenvalue weighted by atomic mass is 9.73. The average Bonchev–Trinajstić information content (AvgIpc) is 2.44. The first kappa shape index (κ1) is 23.8. The van der Waals surface area contributed by atoms with Gasteiger partial charge in [-0.15, -0.1) is 6.58 Å². The summed E-state index contributed by atoms with van der Waals surface area (Å²) in [6, 6.07) is 0. The van der Waals surface area contributed by atoms with Crippen molar-refractivity contribution in [3.63, 3.8) is 0 Å². The van der Waals surface area contributed by atoms with Crippen molar-refractivity contribution in [3.05, 3.63) is 12.7 Å². The lowest BCUT2D eigenvalue weighted by molar-refractivity contribution is -0.160. The van der Waals surface area contributed by atoms with E-state index < -0.39 is 29.0 Å². The lowest BCUT2D eigenvalue weighted by Gasteiger charge is -2.35. The third-order valence-electron chi connectivity index (χ3n) is 4.53. The number of carbonyl (C=O) groups excluding carboxylic acids is 2. The largest absolute Gasteiger partial charge is 0.460 e. The first-order valence-electron chi connectivity index (χ1n) is 8.85. The number of methoxy groups -OCH3 is 1. The number of Topliss-reactive ketones (excluding diaryl/α,β-unsaturated/α-hetero) is 1. The van der Waals surface area contributed by atoms with Crippen LogP contribution in [0.4, 0.5) is 0 Å². The van der Waals surface area contributed by atoms with E-state index in [9.17, 15) is 14.7 Å². The molecule has 4 atom stereocenters. The van der Waals surface area contributed by atoms with Crippen LogP contribution in [-0.2, 0) is 19.1 Å². The van der Waals surface area contributed by atoms with Gasteiger partial charge in [-0.3, -0.25) is 9.59 Å². The van der Waals surface area contributed by atoms with E-state index in [0.717, 1.165) is 6.42 Å². The van der Waals surface area contributed by atoms with E-state index in [1.807, 2.05) is 6.92 Å². The highest BCUT2D eigenvalue weighted by atomic mass is 16.6. The zero-order chi connectivity index (χ0) is 20.0. The fourth-order valence-corrected chi connectivity index (χ4v) is 3.02. The van der Waals surface area contributed by atoms with E-state index >= 15 is 0 Å².